The number of rotatable bonds is 6. The molecule has 0 atom stereocenters. The standard InChI is InChI=1S/C23H25N9O/c1-16-19(3-2-18(28-16)22-25-8-9-26-22)32-12-10-31(11-13-32)15-17-4-6-24-20(14-17)29-23-27-7-5-21(33)30-23/h2-9,14H,10-13,15H2,1H3,(H,25,26)(H2,24,27,29,30,33). The molecule has 0 saturated carbocycles. The Kier molecular flexibility index (Phi) is 5.81. The van der Waals surface area contributed by atoms with E-state index in [-0.39, 0.29) is 5.56 Å². The van der Waals surface area contributed by atoms with Crippen molar-refractivity contribution in [3.63, 3.8) is 0 Å². The molecule has 0 unspecified atom stereocenters. The molecule has 1 aliphatic heterocycles. The maximum absolute atomic E-state index is 11.5. The molecule has 10 heteroatoms. The predicted molar refractivity (Wildman–Crippen MR) is 126 cm³/mol. The number of anilines is 3. The molecular weight excluding hydrogens is 418 g/mol. The Morgan fingerprint density at radius 1 is 1.00 bits per heavy atom. The molecule has 0 bridgehead atoms. The van der Waals surface area contributed by atoms with E-state index in [1.807, 2.05) is 18.2 Å². The van der Waals surface area contributed by atoms with Gasteiger partial charge >= 0.3 is 0 Å². The van der Waals surface area contributed by atoms with Crippen molar-refractivity contribution in [2.24, 2.45) is 0 Å². The van der Waals surface area contributed by atoms with Crippen LogP contribution in [0.3, 0.4) is 0 Å². The fourth-order valence-corrected chi connectivity index (χ4v) is 4.03. The number of aryl methyl sites for hydroxylation is 1. The van der Waals surface area contributed by atoms with E-state index in [1.165, 1.54) is 18.0 Å². The summed E-state index contributed by atoms with van der Waals surface area (Å²) in [5.74, 6) is 1.82. The van der Waals surface area contributed by atoms with E-state index in [2.05, 4.69) is 53.0 Å². The monoisotopic (exact) mass is 443 g/mol. The molecule has 5 heterocycles. The molecule has 0 amide bonds. The SMILES string of the molecule is Cc1nc(-c2ncc[nH]2)ccc1N1CCN(Cc2ccnc(Nc3nccc(=O)[nH]3)c2)CC1. The molecule has 4 aromatic heterocycles. The highest BCUT2D eigenvalue weighted by Gasteiger charge is 2.19. The summed E-state index contributed by atoms with van der Waals surface area (Å²) in [6, 6.07) is 9.53. The maximum Gasteiger partial charge on any atom is 0.252 e. The molecule has 168 valence electrons. The Bertz CT molecular complexity index is 1280. The van der Waals surface area contributed by atoms with Crippen LogP contribution < -0.4 is 15.8 Å². The quantitative estimate of drug-likeness (QED) is 0.415. The molecule has 5 rings (SSSR count). The summed E-state index contributed by atoms with van der Waals surface area (Å²) < 4.78 is 0. The smallest absolute Gasteiger partial charge is 0.252 e. The number of H-pyrrole nitrogens is 2. The number of hydrogen-bond donors (Lipinski definition) is 3. The first-order chi connectivity index (χ1) is 16.1. The van der Waals surface area contributed by atoms with Crippen molar-refractivity contribution in [3.8, 4) is 11.5 Å². The van der Waals surface area contributed by atoms with Crippen molar-refractivity contribution in [1.29, 1.82) is 0 Å². The van der Waals surface area contributed by atoms with Crippen LogP contribution in [-0.4, -0.2) is 61.0 Å². The van der Waals surface area contributed by atoms with Crippen LogP contribution in [0.1, 0.15) is 11.3 Å². The van der Waals surface area contributed by atoms with E-state index >= 15 is 0 Å². The third-order valence-corrected chi connectivity index (χ3v) is 5.66. The van der Waals surface area contributed by atoms with Gasteiger partial charge in [-0.3, -0.25) is 14.7 Å². The summed E-state index contributed by atoms with van der Waals surface area (Å²) in [7, 11) is 0. The van der Waals surface area contributed by atoms with Gasteiger partial charge in [0.1, 0.15) is 11.5 Å². The van der Waals surface area contributed by atoms with Gasteiger partial charge in [0.05, 0.1) is 11.4 Å². The van der Waals surface area contributed by atoms with Gasteiger partial charge in [-0.05, 0) is 36.8 Å². The van der Waals surface area contributed by atoms with E-state index < -0.39 is 0 Å². The lowest BCUT2D eigenvalue weighted by atomic mass is 10.2. The van der Waals surface area contributed by atoms with Crippen LogP contribution in [0.4, 0.5) is 17.5 Å². The number of pyridine rings is 2. The van der Waals surface area contributed by atoms with Crippen LogP contribution in [0.5, 0.6) is 0 Å². The molecule has 0 spiro atoms. The number of hydrogen-bond acceptors (Lipinski definition) is 8. The fraction of sp³-hybridized carbons (Fsp3) is 0.261. The third kappa shape index (κ3) is 4.90. The molecule has 1 fully saturated rings. The Labute approximate surface area is 190 Å². The van der Waals surface area contributed by atoms with Crippen LogP contribution in [0.2, 0.25) is 0 Å². The van der Waals surface area contributed by atoms with Gasteiger partial charge in [0.25, 0.3) is 5.56 Å². The third-order valence-electron chi connectivity index (χ3n) is 5.66. The Morgan fingerprint density at radius 3 is 2.61 bits per heavy atom. The fourth-order valence-electron chi connectivity index (χ4n) is 4.03. The summed E-state index contributed by atoms with van der Waals surface area (Å²) >= 11 is 0. The Morgan fingerprint density at radius 2 is 1.85 bits per heavy atom. The zero-order valence-corrected chi connectivity index (χ0v) is 18.3. The maximum atomic E-state index is 11.5. The number of imidazole rings is 1. The molecule has 0 radical (unpaired) electrons. The zero-order chi connectivity index (χ0) is 22.6. The summed E-state index contributed by atoms with van der Waals surface area (Å²) in [6.07, 6.45) is 6.78. The minimum atomic E-state index is -0.206. The van der Waals surface area contributed by atoms with Crippen molar-refractivity contribution in [2.45, 2.75) is 13.5 Å². The van der Waals surface area contributed by atoms with Crippen LogP contribution in [-0.2, 0) is 6.54 Å². The van der Waals surface area contributed by atoms with Gasteiger partial charge in [-0.15, -0.1) is 0 Å². The minimum absolute atomic E-state index is 0.206. The Hall–Kier alpha value is -4.05. The first-order valence-electron chi connectivity index (χ1n) is 10.9. The molecular formula is C23H25N9O. The molecule has 0 aliphatic carbocycles. The average molecular weight is 444 g/mol. The van der Waals surface area contributed by atoms with Crippen molar-refractivity contribution >= 4 is 17.5 Å². The second kappa shape index (κ2) is 9.21. The first kappa shape index (κ1) is 20.8. The van der Waals surface area contributed by atoms with Crippen LogP contribution in [0.25, 0.3) is 11.5 Å². The van der Waals surface area contributed by atoms with Gasteiger partial charge in [0.2, 0.25) is 5.95 Å². The molecule has 0 aromatic carbocycles. The van der Waals surface area contributed by atoms with Crippen molar-refractivity contribution in [2.75, 3.05) is 36.4 Å². The van der Waals surface area contributed by atoms with E-state index in [0.717, 1.165) is 55.5 Å². The number of nitrogens with zero attached hydrogens (tertiary/aromatic N) is 6. The van der Waals surface area contributed by atoms with E-state index in [1.54, 1.807) is 18.6 Å². The van der Waals surface area contributed by atoms with Crippen molar-refractivity contribution in [1.82, 2.24) is 34.8 Å². The highest BCUT2D eigenvalue weighted by molar-refractivity contribution is 5.58. The summed E-state index contributed by atoms with van der Waals surface area (Å²) in [4.78, 5) is 39.5. The minimum Gasteiger partial charge on any atom is -0.368 e. The summed E-state index contributed by atoms with van der Waals surface area (Å²) in [5.41, 5.74) is 3.98. The van der Waals surface area contributed by atoms with Gasteiger partial charge in [-0.1, -0.05) is 0 Å². The number of aromatic nitrogens is 6. The lowest BCUT2D eigenvalue weighted by Crippen LogP contribution is -2.46. The second-order valence-corrected chi connectivity index (χ2v) is 7.96. The van der Waals surface area contributed by atoms with Gasteiger partial charge in [0, 0.05) is 63.6 Å². The Balaban J connectivity index is 1.19. The van der Waals surface area contributed by atoms with E-state index in [0.29, 0.717) is 11.8 Å². The molecule has 1 saturated heterocycles. The largest absolute Gasteiger partial charge is 0.368 e. The topological polar surface area (TPSA) is 119 Å². The lowest BCUT2D eigenvalue weighted by Gasteiger charge is -2.36. The number of aromatic amines is 2. The second-order valence-electron chi connectivity index (χ2n) is 7.96. The van der Waals surface area contributed by atoms with Crippen LogP contribution in [0.15, 0.2) is 59.9 Å². The van der Waals surface area contributed by atoms with Gasteiger partial charge in [-0.2, -0.15) is 0 Å². The molecule has 4 aromatic rings. The zero-order valence-electron chi connectivity index (χ0n) is 18.3. The van der Waals surface area contributed by atoms with E-state index in [9.17, 15) is 4.79 Å². The highest BCUT2D eigenvalue weighted by Crippen LogP contribution is 2.24. The van der Waals surface area contributed by atoms with Gasteiger partial charge in [-0.25, -0.2) is 19.9 Å². The molecule has 3 N–H and O–H groups in total. The predicted octanol–water partition coefficient (Wildman–Crippen LogP) is 2.32. The normalized spacial score (nSPS) is 14.4. The van der Waals surface area contributed by atoms with Gasteiger partial charge in [0.15, 0.2) is 5.82 Å². The van der Waals surface area contributed by atoms with Gasteiger partial charge < -0.3 is 15.2 Å². The van der Waals surface area contributed by atoms with Crippen LogP contribution >= 0.6 is 0 Å². The van der Waals surface area contributed by atoms with Crippen molar-refractivity contribution < 1.29 is 0 Å². The molecule has 33 heavy (non-hydrogen) atoms. The summed E-state index contributed by atoms with van der Waals surface area (Å²) in [6.45, 7) is 6.67. The van der Waals surface area contributed by atoms with E-state index in [4.69, 9.17) is 4.98 Å². The number of piperazine rings is 1. The molecule has 10 nitrogen and oxygen atoms in total. The lowest BCUT2D eigenvalue weighted by molar-refractivity contribution is 0.249. The average Bonchev–Trinajstić information content (AvgIpc) is 3.35. The van der Waals surface area contributed by atoms with Crippen molar-refractivity contribution in [3.05, 3.63) is 76.7 Å². The van der Waals surface area contributed by atoms with Crippen LogP contribution in [0, 0.1) is 6.92 Å². The highest BCUT2D eigenvalue weighted by atomic mass is 16.1. The number of nitrogens with one attached hydrogen (secondary N) is 3. The first-order valence-corrected chi connectivity index (χ1v) is 10.9. The molecule has 1 aliphatic rings. The summed E-state index contributed by atoms with van der Waals surface area (Å²) in [5, 5.41) is 3.05.